The summed E-state index contributed by atoms with van der Waals surface area (Å²) in [5.41, 5.74) is 11.3. The number of nitrogens with one attached hydrogen (secondary N) is 1. The lowest BCUT2D eigenvalue weighted by atomic mass is 9.60. The number of nitrogens with two attached hydrogens (primary N) is 1. The van der Waals surface area contributed by atoms with E-state index in [9.17, 15) is 0 Å². The summed E-state index contributed by atoms with van der Waals surface area (Å²) in [5, 5.41) is 12.4. The molecule has 5 aromatic rings. The van der Waals surface area contributed by atoms with Gasteiger partial charge in [0.2, 0.25) is 11.8 Å². The standard InChI is InChI=1S/C34H36N12O/c35-20-28-38-22-39-33(42-28)40-24-18-34(19-24)9-12-44(13-10-34)21-23-3-5-25(6-4-23)46-31(26-2-1-11-37-30(26)36)41-27-7-8-29(43-32(27)46)45-14-16-47-17-15-45/h1-8,11,22,24H,9-10,12-19,21H2,(H2,36,37)(H,38,39,40,42). The van der Waals surface area contributed by atoms with Gasteiger partial charge in [-0.3, -0.25) is 9.47 Å². The number of aromatic nitrogens is 7. The number of benzene rings is 1. The smallest absolute Gasteiger partial charge is 0.236 e. The van der Waals surface area contributed by atoms with Gasteiger partial charge < -0.3 is 20.7 Å². The maximum atomic E-state index is 9.05. The summed E-state index contributed by atoms with van der Waals surface area (Å²) >= 11 is 0. The number of piperidine rings is 1. The number of hydrogen-bond donors (Lipinski definition) is 2. The zero-order valence-electron chi connectivity index (χ0n) is 26.1. The second kappa shape index (κ2) is 12.2. The Hall–Kier alpha value is -5.19. The first-order valence-corrected chi connectivity index (χ1v) is 16.2. The van der Waals surface area contributed by atoms with E-state index in [-0.39, 0.29) is 5.82 Å². The van der Waals surface area contributed by atoms with Gasteiger partial charge in [-0.15, -0.1) is 0 Å². The molecule has 1 aromatic carbocycles. The second-order valence-electron chi connectivity index (χ2n) is 12.8. The fraction of sp³-hybridized carbons (Fsp3) is 0.382. The number of nitriles is 1. The number of nitrogens with zero attached hydrogens (tertiary/aromatic N) is 10. The highest BCUT2D eigenvalue weighted by Crippen LogP contribution is 2.50. The SMILES string of the molecule is N#Cc1ncnc(NC2CC3(CCN(Cc4ccc(-n5c(-c6cccnc6N)nc6ccc(N7CCOCC7)nc65)cc4)CC3)C2)n1. The van der Waals surface area contributed by atoms with Gasteiger partial charge in [0.1, 0.15) is 29.5 Å². The third kappa shape index (κ3) is 5.82. The number of fused-ring (bicyclic) bond motifs is 1. The summed E-state index contributed by atoms with van der Waals surface area (Å²) in [5.74, 6) is 2.71. The lowest BCUT2D eigenvalue weighted by molar-refractivity contribution is 0.0209. The van der Waals surface area contributed by atoms with Gasteiger partial charge in [-0.1, -0.05) is 12.1 Å². The van der Waals surface area contributed by atoms with Crippen LogP contribution >= 0.6 is 0 Å². The first kappa shape index (κ1) is 29.2. The topological polar surface area (TPSA) is 160 Å². The van der Waals surface area contributed by atoms with Crippen LogP contribution in [0.5, 0.6) is 0 Å². The molecule has 0 amide bonds. The predicted molar refractivity (Wildman–Crippen MR) is 178 cm³/mol. The van der Waals surface area contributed by atoms with Gasteiger partial charge in [-0.2, -0.15) is 10.2 Å². The average Bonchev–Trinajstić information content (AvgIpc) is 3.48. The minimum absolute atomic E-state index is 0.143. The highest BCUT2D eigenvalue weighted by Gasteiger charge is 2.46. The lowest BCUT2D eigenvalue weighted by Crippen LogP contribution is -2.51. The Morgan fingerprint density at radius 2 is 1.74 bits per heavy atom. The maximum absolute atomic E-state index is 9.05. The number of morpholine rings is 1. The van der Waals surface area contributed by atoms with Crippen molar-refractivity contribution in [2.24, 2.45) is 5.41 Å². The largest absolute Gasteiger partial charge is 0.383 e. The molecule has 1 aliphatic carbocycles. The summed E-state index contributed by atoms with van der Waals surface area (Å²) in [6, 6.07) is 19.0. The third-order valence-corrected chi connectivity index (χ3v) is 9.79. The van der Waals surface area contributed by atoms with Crippen molar-refractivity contribution in [1.29, 1.82) is 5.26 Å². The fourth-order valence-electron chi connectivity index (χ4n) is 7.24. The molecular formula is C34H36N12O. The van der Waals surface area contributed by atoms with E-state index in [0.29, 0.717) is 36.4 Å². The van der Waals surface area contributed by atoms with E-state index in [1.165, 1.54) is 24.7 Å². The van der Waals surface area contributed by atoms with Crippen molar-refractivity contribution < 1.29 is 4.74 Å². The first-order valence-electron chi connectivity index (χ1n) is 16.2. The summed E-state index contributed by atoms with van der Waals surface area (Å²) in [6.45, 7) is 6.06. The van der Waals surface area contributed by atoms with Crippen LogP contribution < -0.4 is 16.0 Å². The van der Waals surface area contributed by atoms with Gasteiger partial charge in [0.15, 0.2) is 11.5 Å². The molecule has 3 aliphatic rings. The predicted octanol–water partition coefficient (Wildman–Crippen LogP) is 3.81. The molecule has 47 heavy (non-hydrogen) atoms. The molecule has 238 valence electrons. The Morgan fingerprint density at radius 1 is 0.936 bits per heavy atom. The van der Waals surface area contributed by atoms with Crippen LogP contribution in [-0.2, 0) is 11.3 Å². The minimum Gasteiger partial charge on any atom is -0.383 e. The van der Waals surface area contributed by atoms with Gasteiger partial charge in [-0.05, 0) is 86.1 Å². The van der Waals surface area contributed by atoms with E-state index in [4.69, 9.17) is 25.7 Å². The summed E-state index contributed by atoms with van der Waals surface area (Å²) in [7, 11) is 0. The summed E-state index contributed by atoms with van der Waals surface area (Å²) in [6.07, 6.45) is 7.65. The molecular weight excluding hydrogens is 592 g/mol. The van der Waals surface area contributed by atoms with Crippen molar-refractivity contribution in [3.05, 3.63) is 72.4 Å². The fourth-order valence-corrected chi connectivity index (χ4v) is 7.24. The molecule has 13 heteroatoms. The molecule has 1 spiro atoms. The van der Waals surface area contributed by atoms with E-state index in [1.54, 1.807) is 6.20 Å². The third-order valence-electron chi connectivity index (χ3n) is 9.79. The minimum atomic E-state index is 0.143. The van der Waals surface area contributed by atoms with Crippen molar-refractivity contribution in [3.8, 4) is 23.1 Å². The van der Waals surface area contributed by atoms with E-state index in [2.05, 4.69) is 63.9 Å². The van der Waals surface area contributed by atoms with Crippen molar-refractivity contribution in [2.45, 2.75) is 38.3 Å². The molecule has 13 nitrogen and oxygen atoms in total. The van der Waals surface area contributed by atoms with Crippen molar-refractivity contribution in [1.82, 2.24) is 39.4 Å². The molecule has 0 atom stereocenters. The van der Waals surface area contributed by atoms with Crippen LogP contribution in [0.1, 0.15) is 37.1 Å². The molecule has 2 aliphatic heterocycles. The van der Waals surface area contributed by atoms with Crippen LogP contribution in [0.25, 0.3) is 28.2 Å². The Bertz CT molecular complexity index is 1930. The zero-order valence-corrected chi connectivity index (χ0v) is 26.1. The highest BCUT2D eigenvalue weighted by atomic mass is 16.5. The van der Waals surface area contributed by atoms with Gasteiger partial charge >= 0.3 is 0 Å². The number of ether oxygens (including phenoxy) is 1. The Labute approximate surface area is 272 Å². The number of rotatable bonds is 7. The molecule has 4 aromatic heterocycles. The highest BCUT2D eigenvalue weighted by molar-refractivity contribution is 5.83. The quantitative estimate of drug-likeness (QED) is 0.269. The molecule has 3 N–H and O–H groups in total. The van der Waals surface area contributed by atoms with E-state index >= 15 is 0 Å². The monoisotopic (exact) mass is 628 g/mol. The first-order chi connectivity index (χ1) is 23.1. The lowest BCUT2D eigenvalue weighted by Gasteiger charge is -2.52. The van der Waals surface area contributed by atoms with Crippen molar-refractivity contribution in [3.63, 3.8) is 0 Å². The average molecular weight is 629 g/mol. The van der Waals surface area contributed by atoms with Crippen LogP contribution in [0.3, 0.4) is 0 Å². The molecule has 1 saturated carbocycles. The molecule has 8 rings (SSSR count). The van der Waals surface area contributed by atoms with Crippen LogP contribution in [0.4, 0.5) is 17.6 Å². The number of anilines is 3. The normalized spacial score (nSPS) is 18.2. The van der Waals surface area contributed by atoms with Crippen molar-refractivity contribution >= 4 is 28.7 Å². The molecule has 0 unspecified atom stereocenters. The number of hydrogen-bond acceptors (Lipinski definition) is 12. The van der Waals surface area contributed by atoms with Gasteiger partial charge in [0.25, 0.3) is 0 Å². The van der Waals surface area contributed by atoms with Gasteiger partial charge in [-0.25, -0.2) is 24.9 Å². The second-order valence-corrected chi connectivity index (χ2v) is 12.8. The molecule has 0 bridgehead atoms. The van der Waals surface area contributed by atoms with Gasteiger partial charge in [0.05, 0.1) is 18.8 Å². The summed E-state index contributed by atoms with van der Waals surface area (Å²) < 4.78 is 7.66. The van der Waals surface area contributed by atoms with Crippen LogP contribution in [0.2, 0.25) is 0 Å². The molecule has 0 radical (unpaired) electrons. The number of nitrogen functional groups attached to an aromatic ring is 1. The van der Waals surface area contributed by atoms with E-state index in [1.807, 2.05) is 30.3 Å². The van der Waals surface area contributed by atoms with Crippen LogP contribution in [-0.4, -0.2) is 84.8 Å². The number of imidazole rings is 1. The Kier molecular flexibility index (Phi) is 7.59. The van der Waals surface area contributed by atoms with Gasteiger partial charge in [0, 0.05) is 37.6 Å². The van der Waals surface area contributed by atoms with Crippen LogP contribution in [0.15, 0.2) is 61.1 Å². The molecule has 6 heterocycles. The Balaban J connectivity index is 0.970. The molecule has 3 fully saturated rings. The zero-order chi connectivity index (χ0) is 31.8. The van der Waals surface area contributed by atoms with Crippen molar-refractivity contribution in [2.75, 3.05) is 55.3 Å². The Morgan fingerprint density at radius 3 is 2.51 bits per heavy atom. The molecule has 2 saturated heterocycles. The maximum Gasteiger partial charge on any atom is 0.236 e. The van der Waals surface area contributed by atoms with Crippen LogP contribution in [0, 0.1) is 16.7 Å². The van der Waals surface area contributed by atoms with E-state index in [0.717, 1.165) is 79.6 Å². The summed E-state index contributed by atoms with van der Waals surface area (Å²) in [4.78, 5) is 31.4. The van der Waals surface area contributed by atoms with E-state index < -0.39 is 0 Å². The number of pyridine rings is 2. The number of likely N-dealkylation sites (tertiary alicyclic amines) is 1.